The van der Waals surface area contributed by atoms with E-state index in [0.717, 1.165) is 31.6 Å². The Morgan fingerprint density at radius 1 is 1.53 bits per heavy atom. The molecular weight excluding hydrogens is 236 g/mol. The first-order chi connectivity index (χ1) is 8.11. The molecule has 0 amide bonds. The number of hydrogen-bond donors (Lipinski definition) is 2. The van der Waals surface area contributed by atoms with Crippen molar-refractivity contribution in [3.05, 3.63) is 17.8 Å². The summed E-state index contributed by atoms with van der Waals surface area (Å²) in [6.07, 6.45) is 3.45. The number of ether oxygens (including phenoxy) is 1. The second-order valence-electron chi connectivity index (χ2n) is 4.46. The number of aromatic nitrogens is 2. The van der Waals surface area contributed by atoms with E-state index in [1.54, 1.807) is 12.3 Å². The lowest BCUT2D eigenvalue weighted by molar-refractivity contribution is 0.0657. The molecule has 1 aliphatic rings. The lowest BCUT2D eigenvalue weighted by atomic mass is 9.92. The van der Waals surface area contributed by atoms with Crippen molar-refractivity contribution in [3.8, 4) is 0 Å². The summed E-state index contributed by atoms with van der Waals surface area (Å²) < 4.78 is 5.35. The maximum Gasteiger partial charge on any atom is 0.159 e. The lowest BCUT2D eigenvalue weighted by Crippen LogP contribution is -2.41. The SMILES string of the molecule is CC1(Nc2nnccc2C(N)=S)CCOCC1. The molecule has 0 aromatic carbocycles. The Morgan fingerprint density at radius 2 is 2.24 bits per heavy atom. The van der Waals surface area contributed by atoms with Gasteiger partial charge in [0.25, 0.3) is 0 Å². The lowest BCUT2D eigenvalue weighted by Gasteiger charge is -2.35. The summed E-state index contributed by atoms with van der Waals surface area (Å²) in [5.74, 6) is 0.657. The first-order valence-electron chi connectivity index (χ1n) is 5.58. The van der Waals surface area contributed by atoms with Gasteiger partial charge in [-0.2, -0.15) is 5.10 Å². The number of nitrogens with one attached hydrogen (secondary N) is 1. The minimum absolute atomic E-state index is 0.0339. The summed E-state index contributed by atoms with van der Waals surface area (Å²) in [6.45, 7) is 3.66. The zero-order chi connectivity index (χ0) is 12.3. The number of anilines is 1. The molecule has 0 atom stereocenters. The molecule has 0 unspecified atom stereocenters. The zero-order valence-electron chi connectivity index (χ0n) is 9.77. The first-order valence-corrected chi connectivity index (χ1v) is 5.99. The summed E-state index contributed by atoms with van der Waals surface area (Å²) in [5, 5.41) is 11.3. The predicted octanol–water partition coefficient (Wildman–Crippen LogP) is 1.09. The van der Waals surface area contributed by atoms with Crippen molar-refractivity contribution in [3.63, 3.8) is 0 Å². The number of nitrogens with two attached hydrogens (primary N) is 1. The van der Waals surface area contributed by atoms with Gasteiger partial charge in [-0.25, -0.2) is 0 Å². The highest BCUT2D eigenvalue weighted by Gasteiger charge is 2.28. The molecule has 0 saturated carbocycles. The normalized spacial score (nSPS) is 18.6. The average Bonchev–Trinajstić information content (AvgIpc) is 2.29. The average molecular weight is 252 g/mol. The fraction of sp³-hybridized carbons (Fsp3) is 0.545. The van der Waals surface area contributed by atoms with E-state index in [4.69, 9.17) is 22.7 Å². The van der Waals surface area contributed by atoms with Gasteiger partial charge in [0, 0.05) is 18.8 Å². The number of rotatable bonds is 3. The second kappa shape index (κ2) is 4.93. The number of nitrogens with zero attached hydrogens (tertiary/aromatic N) is 2. The minimum Gasteiger partial charge on any atom is -0.389 e. The van der Waals surface area contributed by atoms with Crippen molar-refractivity contribution in [1.82, 2.24) is 10.2 Å². The Labute approximate surface area is 106 Å². The van der Waals surface area contributed by atoms with Crippen molar-refractivity contribution in [1.29, 1.82) is 0 Å². The van der Waals surface area contributed by atoms with E-state index in [1.165, 1.54) is 0 Å². The Kier molecular flexibility index (Phi) is 3.54. The predicted molar refractivity (Wildman–Crippen MR) is 70.0 cm³/mol. The molecule has 17 heavy (non-hydrogen) atoms. The summed E-state index contributed by atoms with van der Waals surface area (Å²) in [5.41, 5.74) is 6.37. The van der Waals surface area contributed by atoms with Crippen LogP contribution in [0.5, 0.6) is 0 Å². The van der Waals surface area contributed by atoms with Crippen LogP contribution in [0.15, 0.2) is 12.3 Å². The topological polar surface area (TPSA) is 73.1 Å². The van der Waals surface area contributed by atoms with Gasteiger partial charge in [0.15, 0.2) is 5.82 Å². The van der Waals surface area contributed by atoms with Crippen LogP contribution in [0.25, 0.3) is 0 Å². The number of hydrogen-bond acceptors (Lipinski definition) is 5. The van der Waals surface area contributed by atoms with E-state index in [-0.39, 0.29) is 5.54 Å². The van der Waals surface area contributed by atoms with E-state index in [0.29, 0.717) is 10.8 Å². The molecule has 6 heteroatoms. The number of thiocarbonyl (C=S) groups is 1. The third kappa shape index (κ3) is 2.89. The molecule has 0 aliphatic carbocycles. The zero-order valence-corrected chi connectivity index (χ0v) is 10.6. The molecular formula is C11H16N4OS. The van der Waals surface area contributed by atoms with Gasteiger partial charge >= 0.3 is 0 Å². The fourth-order valence-electron chi connectivity index (χ4n) is 1.86. The van der Waals surface area contributed by atoms with Crippen LogP contribution in [0.3, 0.4) is 0 Å². The molecule has 92 valence electrons. The maximum absolute atomic E-state index is 5.66. The van der Waals surface area contributed by atoms with Crippen molar-refractivity contribution in [2.24, 2.45) is 5.73 Å². The quantitative estimate of drug-likeness (QED) is 0.785. The van der Waals surface area contributed by atoms with E-state index in [9.17, 15) is 0 Å². The minimum atomic E-state index is -0.0339. The van der Waals surface area contributed by atoms with Crippen molar-refractivity contribution in [2.45, 2.75) is 25.3 Å². The van der Waals surface area contributed by atoms with Crippen LogP contribution in [0.2, 0.25) is 0 Å². The Balaban J connectivity index is 2.20. The molecule has 3 N–H and O–H groups in total. The molecule has 0 spiro atoms. The Morgan fingerprint density at radius 3 is 2.88 bits per heavy atom. The molecule has 1 aromatic heterocycles. The van der Waals surface area contributed by atoms with Crippen LogP contribution in [0.1, 0.15) is 25.3 Å². The standard InChI is InChI=1S/C11H16N4OS/c1-11(3-6-16-7-4-11)14-10-8(9(12)17)2-5-13-15-10/h2,5H,3-4,6-7H2,1H3,(H2,12,17)(H,14,15). The molecule has 1 aromatic rings. The van der Waals surface area contributed by atoms with Crippen LogP contribution in [0.4, 0.5) is 5.82 Å². The molecule has 5 nitrogen and oxygen atoms in total. The third-order valence-electron chi connectivity index (χ3n) is 3.00. The Hall–Kier alpha value is -1.27. The highest BCUT2D eigenvalue weighted by Crippen LogP contribution is 2.25. The molecule has 0 radical (unpaired) electrons. The highest BCUT2D eigenvalue weighted by molar-refractivity contribution is 7.80. The second-order valence-corrected chi connectivity index (χ2v) is 4.90. The largest absolute Gasteiger partial charge is 0.389 e. The fourth-order valence-corrected chi connectivity index (χ4v) is 2.02. The van der Waals surface area contributed by atoms with Crippen LogP contribution >= 0.6 is 12.2 Å². The van der Waals surface area contributed by atoms with Crippen LogP contribution in [0, 0.1) is 0 Å². The maximum atomic E-state index is 5.66. The van der Waals surface area contributed by atoms with Gasteiger partial charge in [-0.05, 0) is 25.8 Å². The molecule has 2 rings (SSSR count). The van der Waals surface area contributed by atoms with Gasteiger partial charge in [0.1, 0.15) is 4.99 Å². The van der Waals surface area contributed by atoms with Crippen molar-refractivity contribution >= 4 is 23.0 Å². The van der Waals surface area contributed by atoms with Crippen LogP contribution in [-0.4, -0.2) is 33.9 Å². The molecule has 2 heterocycles. The van der Waals surface area contributed by atoms with E-state index >= 15 is 0 Å². The molecule has 1 aliphatic heterocycles. The van der Waals surface area contributed by atoms with Gasteiger partial charge in [0.05, 0.1) is 11.8 Å². The summed E-state index contributed by atoms with van der Waals surface area (Å²) in [7, 11) is 0. The monoisotopic (exact) mass is 252 g/mol. The van der Waals surface area contributed by atoms with Gasteiger partial charge in [0.2, 0.25) is 0 Å². The van der Waals surface area contributed by atoms with E-state index in [2.05, 4.69) is 22.4 Å². The van der Waals surface area contributed by atoms with Crippen LogP contribution in [-0.2, 0) is 4.74 Å². The van der Waals surface area contributed by atoms with Crippen molar-refractivity contribution < 1.29 is 4.74 Å². The molecule has 1 fully saturated rings. The van der Waals surface area contributed by atoms with Gasteiger partial charge in [-0.15, -0.1) is 5.10 Å². The van der Waals surface area contributed by atoms with Crippen molar-refractivity contribution in [2.75, 3.05) is 18.5 Å². The van der Waals surface area contributed by atoms with E-state index in [1.807, 2.05) is 0 Å². The van der Waals surface area contributed by atoms with Gasteiger partial charge in [-0.3, -0.25) is 0 Å². The van der Waals surface area contributed by atoms with E-state index < -0.39 is 0 Å². The van der Waals surface area contributed by atoms with Gasteiger partial charge < -0.3 is 15.8 Å². The Bertz CT molecular complexity index is 418. The third-order valence-corrected chi connectivity index (χ3v) is 3.22. The summed E-state index contributed by atoms with van der Waals surface area (Å²) in [6, 6.07) is 1.78. The smallest absolute Gasteiger partial charge is 0.159 e. The first kappa shape index (κ1) is 12.2. The summed E-state index contributed by atoms with van der Waals surface area (Å²) >= 11 is 5.00. The molecule has 0 bridgehead atoms. The van der Waals surface area contributed by atoms with Crippen LogP contribution < -0.4 is 11.1 Å². The molecule has 1 saturated heterocycles. The van der Waals surface area contributed by atoms with Gasteiger partial charge in [-0.1, -0.05) is 12.2 Å². The highest BCUT2D eigenvalue weighted by atomic mass is 32.1. The summed E-state index contributed by atoms with van der Waals surface area (Å²) in [4.78, 5) is 0.332.